The van der Waals surface area contributed by atoms with E-state index < -0.39 is 11.7 Å². The Labute approximate surface area is 84.4 Å². The Kier molecular flexibility index (Phi) is 5.49. The maximum absolute atomic E-state index is 11.0. The molecule has 0 aliphatic heterocycles. The van der Waals surface area contributed by atoms with E-state index >= 15 is 0 Å². The van der Waals surface area contributed by atoms with Crippen molar-refractivity contribution in [2.75, 3.05) is 13.2 Å². The molecule has 0 aliphatic carbocycles. The van der Waals surface area contributed by atoms with Crippen LogP contribution >= 0.6 is 0 Å². The summed E-state index contributed by atoms with van der Waals surface area (Å²) in [5, 5.41) is 11.1. The fraction of sp³-hybridized carbons (Fsp3) is 0.778. The Morgan fingerprint density at radius 2 is 2.00 bits per heavy atom. The van der Waals surface area contributed by atoms with Crippen molar-refractivity contribution in [2.24, 2.45) is 0 Å². The van der Waals surface area contributed by atoms with Crippen molar-refractivity contribution in [3.63, 3.8) is 0 Å². The lowest BCUT2D eigenvalue weighted by Gasteiger charge is -2.19. The quantitative estimate of drug-likeness (QED) is 0.679. The molecule has 2 N–H and O–H groups in total. The molecule has 0 aliphatic rings. The molecule has 14 heavy (non-hydrogen) atoms. The molecule has 5 nitrogen and oxygen atoms in total. The van der Waals surface area contributed by atoms with Crippen molar-refractivity contribution < 1.29 is 19.4 Å². The number of rotatable bonds is 4. The normalized spacial score (nSPS) is 11.6. The van der Waals surface area contributed by atoms with Crippen LogP contribution in [0.1, 0.15) is 27.7 Å². The van der Waals surface area contributed by atoms with Gasteiger partial charge in [-0.25, -0.2) is 4.79 Å². The minimum Gasteiger partial charge on any atom is -0.444 e. The maximum atomic E-state index is 11.0. The lowest BCUT2D eigenvalue weighted by Crippen LogP contribution is -2.34. The van der Waals surface area contributed by atoms with Gasteiger partial charge in [0.2, 0.25) is 6.29 Å². The number of carbonyl (C=O) groups excluding carboxylic acids is 1. The van der Waals surface area contributed by atoms with E-state index in [1.54, 1.807) is 20.8 Å². The monoisotopic (exact) mass is 204 g/mol. The third kappa shape index (κ3) is 9.28. The van der Waals surface area contributed by atoms with Crippen molar-refractivity contribution >= 4 is 6.09 Å². The second kappa shape index (κ2) is 5.82. The van der Waals surface area contributed by atoms with Gasteiger partial charge in [-0.15, -0.1) is 0 Å². The van der Waals surface area contributed by atoms with E-state index in [0.717, 1.165) is 0 Å². The molecule has 0 aromatic carbocycles. The Morgan fingerprint density at radius 1 is 1.43 bits per heavy atom. The first-order chi connectivity index (χ1) is 6.31. The highest BCUT2D eigenvalue weighted by atomic mass is 16.6. The summed E-state index contributed by atoms with van der Waals surface area (Å²) in [6.07, 6.45) is -0.604. The molecule has 0 aromatic rings. The van der Waals surface area contributed by atoms with Crippen LogP contribution in [0.4, 0.5) is 4.79 Å². The fourth-order valence-electron chi connectivity index (χ4n) is 0.666. The largest absolute Gasteiger partial charge is 0.444 e. The number of hydrogen-bond acceptors (Lipinski definition) is 4. The van der Waals surface area contributed by atoms with E-state index in [1.807, 2.05) is 0 Å². The summed E-state index contributed by atoms with van der Waals surface area (Å²) in [5.41, 5.74) is -0.496. The summed E-state index contributed by atoms with van der Waals surface area (Å²) in [4.78, 5) is 11.0. The first kappa shape index (κ1) is 13.2. The molecule has 0 heterocycles. The molecular formula is C9H18NO4. The molecule has 1 radical (unpaired) electrons. The van der Waals surface area contributed by atoms with Crippen molar-refractivity contribution in [1.29, 1.82) is 0 Å². The highest BCUT2D eigenvalue weighted by molar-refractivity contribution is 5.67. The molecule has 0 atom stereocenters. The second-order valence-electron chi connectivity index (χ2n) is 3.80. The standard InChI is InChI=1S/C9H18NO4/c1-7(11)13-6-5-10-8(12)14-9(2,3)4/h11H,5-6H2,1-4H3,(H,10,12). The highest BCUT2D eigenvalue weighted by Gasteiger charge is 2.15. The average Bonchev–Trinajstić information content (AvgIpc) is 1.94. The van der Waals surface area contributed by atoms with Crippen LogP contribution in [0.15, 0.2) is 0 Å². The Balaban J connectivity index is 3.46. The number of ether oxygens (including phenoxy) is 2. The van der Waals surface area contributed by atoms with E-state index in [2.05, 4.69) is 5.32 Å². The lowest BCUT2D eigenvalue weighted by atomic mass is 10.2. The number of nitrogens with one attached hydrogen (secondary N) is 1. The highest BCUT2D eigenvalue weighted by Crippen LogP contribution is 2.06. The molecule has 0 fully saturated rings. The van der Waals surface area contributed by atoms with E-state index in [0.29, 0.717) is 6.54 Å². The van der Waals surface area contributed by atoms with Crippen LogP contribution in [-0.2, 0) is 9.47 Å². The molecule has 0 aromatic heterocycles. The van der Waals surface area contributed by atoms with Crippen molar-refractivity contribution in [2.45, 2.75) is 33.3 Å². The molecule has 0 spiro atoms. The summed E-state index contributed by atoms with van der Waals surface area (Å²) in [6.45, 7) is 7.31. The van der Waals surface area contributed by atoms with Crippen LogP contribution in [0.3, 0.4) is 0 Å². The zero-order valence-electron chi connectivity index (χ0n) is 9.09. The molecular weight excluding hydrogens is 186 g/mol. The molecule has 5 heteroatoms. The lowest BCUT2D eigenvalue weighted by molar-refractivity contribution is 0.0131. The van der Waals surface area contributed by atoms with Crippen LogP contribution < -0.4 is 5.32 Å². The molecule has 0 rings (SSSR count). The van der Waals surface area contributed by atoms with Crippen LogP contribution in [0.5, 0.6) is 0 Å². The SMILES string of the molecule is C[C](O)OCCNC(=O)OC(C)(C)C. The topological polar surface area (TPSA) is 67.8 Å². The molecule has 0 saturated heterocycles. The summed E-state index contributed by atoms with van der Waals surface area (Å²) in [6, 6.07) is 0. The molecule has 83 valence electrons. The van der Waals surface area contributed by atoms with E-state index in [9.17, 15) is 4.79 Å². The van der Waals surface area contributed by atoms with Crippen molar-refractivity contribution in [3.05, 3.63) is 6.29 Å². The minimum atomic E-state index is -0.496. The van der Waals surface area contributed by atoms with Gasteiger partial charge in [0, 0.05) is 6.54 Å². The molecule has 0 saturated carbocycles. The summed E-state index contributed by atoms with van der Waals surface area (Å²) < 4.78 is 9.69. The van der Waals surface area contributed by atoms with Crippen LogP contribution in [0, 0.1) is 6.29 Å². The molecule has 0 unspecified atom stereocenters. The first-order valence-electron chi connectivity index (χ1n) is 4.43. The van der Waals surface area contributed by atoms with Gasteiger partial charge in [0.1, 0.15) is 5.60 Å². The van der Waals surface area contributed by atoms with Crippen LogP contribution in [-0.4, -0.2) is 30.0 Å². The maximum Gasteiger partial charge on any atom is 0.407 e. The van der Waals surface area contributed by atoms with Gasteiger partial charge in [-0.2, -0.15) is 0 Å². The Bertz CT molecular complexity index is 174. The minimum absolute atomic E-state index is 0.115. The van der Waals surface area contributed by atoms with Gasteiger partial charge >= 0.3 is 6.09 Å². The van der Waals surface area contributed by atoms with Gasteiger partial charge in [-0.1, -0.05) is 0 Å². The zero-order chi connectivity index (χ0) is 11.2. The molecule has 1 amide bonds. The van der Waals surface area contributed by atoms with Gasteiger partial charge in [0.05, 0.1) is 6.61 Å². The smallest absolute Gasteiger partial charge is 0.407 e. The number of aliphatic hydroxyl groups excluding tert-OH is 1. The third-order valence-electron chi connectivity index (χ3n) is 1.08. The Morgan fingerprint density at radius 3 is 2.43 bits per heavy atom. The second-order valence-corrected chi connectivity index (χ2v) is 3.80. The predicted octanol–water partition coefficient (Wildman–Crippen LogP) is 1.41. The Hall–Kier alpha value is -0.810. The van der Waals surface area contributed by atoms with E-state index in [-0.39, 0.29) is 12.9 Å². The van der Waals surface area contributed by atoms with Crippen molar-refractivity contribution in [1.82, 2.24) is 5.32 Å². The average molecular weight is 204 g/mol. The third-order valence-corrected chi connectivity index (χ3v) is 1.08. The number of carbonyl (C=O) groups is 1. The van der Waals surface area contributed by atoms with Crippen LogP contribution in [0.2, 0.25) is 0 Å². The number of hydrogen-bond donors (Lipinski definition) is 2. The van der Waals surface area contributed by atoms with Crippen LogP contribution in [0.25, 0.3) is 0 Å². The number of aliphatic hydroxyl groups is 1. The fourth-order valence-corrected chi connectivity index (χ4v) is 0.666. The van der Waals surface area contributed by atoms with Crippen molar-refractivity contribution in [3.8, 4) is 0 Å². The van der Waals surface area contributed by atoms with Gasteiger partial charge in [0.15, 0.2) is 0 Å². The van der Waals surface area contributed by atoms with E-state index in [4.69, 9.17) is 14.6 Å². The summed E-state index contributed by atoms with van der Waals surface area (Å²) >= 11 is 0. The van der Waals surface area contributed by atoms with Gasteiger partial charge < -0.3 is 19.9 Å². The van der Waals surface area contributed by atoms with Gasteiger partial charge in [-0.3, -0.25) is 0 Å². The number of alkyl carbamates (subject to hydrolysis) is 1. The first-order valence-corrected chi connectivity index (χ1v) is 4.43. The number of amides is 1. The van der Waals surface area contributed by atoms with Gasteiger partial charge in [-0.05, 0) is 27.7 Å². The van der Waals surface area contributed by atoms with Gasteiger partial charge in [0.25, 0.3) is 0 Å². The zero-order valence-corrected chi connectivity index (χ0v) is 9.09. The summed E-state index contributed by atoms with van der Waals surface area (Å²) in [5.74, 6) is 0. The summed E-state index contributed by atoms with van der Waals surface area (Å²) in [7, 11) is 0. The predicted molar refractivity (Wildman–Crippen MR) is 51.0 cm³/mol. The van der Waals surface area contributed by atoms with E-state index in [1.165, 1.54) is 6.92 Å². The molecule has 0 bridgehead atoms.